The van der Waals surface area contributed by atoms with Gasteiger partial charge in [0.1, 0.15) is 18.1 Å². The molecule has 13 heteroatoms. The molecule has 0 saturated heterocycles. The van der Waals surface area contributed by atoms with E-state index in [4.69, 9.17) is 29.3 Å². The quantitative estimate of drug-likeness (QED) is 0.147. The summed E-state index contributed by atoms with van der Waals surface area (Å²) in [4.78, 5) is 18.4. The Hall–Kier alpha value is -3.91. The maximum Gasteiger partial charge on any atom is 0.414 e. The molecule has 4 aromatic carbocycles. The Bertz CT molecular complexity index is 1740. The van der Waals surface area contributed by atoms with Crippen molar-refractivity contribution in [2.45, 2.75) is 30.4 Å². The minimum absolute atomic E-state index is 0.0101. The first-order valence-electron chi connectivity index (χ1n) is 13.6. The largest absolute Gasteiger partial charge is 0.494 e. The summed E-state index contributed by atoms with van der Waals surface area (Å²) in [5, 5.41) is 18.4. The highest BCUT2D eigenvalue weighted by Gasteiger charge is 2.25. The van der Waals surface area contributed by atoms with Crippen molar-refractivity contribution in [2.24, 2.45) is 0 Å². The van der Waals surface area contributed by atoms with Crippen LogP contribution in [0, 0.1) is 0 Å². The zero-order valence-electron chi connectivity index (χ0n) is 24.0. The number of anilines is 1. The van der Waals surface area contributed by atoms with Crippen LogP contribution in [0.1, 0.15) is 28.3 Å². The minimum Gasteiger partial charge on any atom is -0.494 e. The Morgan fingerprint density at radius 2 is 1.51 bits per heavy atom. The first kappa shape index (κ1) is 34.0. The lowest BCUT2D eigenvalue weighted by molar-refractivity contribution is -0.159. The topological polar surface area (TPSA) is 151 Å². The molecule has 0 spiro atoms. The maximum atomic E-state index is 13.3. The van der Waals surface area contributed by atoms with E-state index in [1.807, 2.05) is 42.5 Å². The highest BCUT2D eigenvalue weighted by Crippen LogP contribution is 2.39. The van der Waals surface area contributed by atoms with Gasteiger partial charge in [0.05, 0.1) is 26.6 Å². The second-order valence-electron chi connectivity index (χ2n) is 9.90. The Morgan fingerprint density at radius 1 is 0.911 bits per heavy atom. The predicted molar refractivity (Wildman–Crippen MR) is 176 cm³/mol. The number of hydrogen-bond donors (Lipinski definition) is 4. The summed E-state index contributed by atoms with van der Waals surface area (Å²) in [6.45, 7) is 1.14. The van der Waals surface area contributed by atoms with Gasteiger partial charge in [0.15, 0.2) is 0 Å². The van der Waals surface area contributed by atoms with Gasteiger partial charge in [-0.1, -0.05) is 48.5 Å². The summed E-state index contributed by atoms with van der Waals surface area (Å²) in [6, 6.07) is 26.2. The molecule has 4 N–H and O–H groups in total. The van der Waals surface area contributed by atoms with E-state index in [0.717, 1.165) is 49.9 Å². The van der Waals surface area contributed by atoms with E-state index < -0.39 is 22.0 Å². The molecule has 5 rings (SSSR count). The number of benzene rings is 4. The van der Waals surface area contributed by atoms with Crippen LogP contribution in [-0.2, 0) is 39.1 Å². The van der Waals surface area contributed by atoms with Crippen LogP contribution in [0.15, 0.2) is 98.8 Å². The van der Waals surface area contributed by atoms with Crippen LogP contribution in [0.2, 0.25) is 0 Å². The van der Waals surface area contributed by atoms with Crippen molar-refractivity contribution < 1.29 is 37.7 Å². The number of carboxylic acid groups (broad SMARTS) is 2. The minimum atomic E-state index is -3.82. The number of carbonyl (C=O) groups is 2. The van der Waals surface area contributed by atoms with Gasteiger partial charge in [0, 0.05) is 6.04 Å². The number of fused-ring (bicyclic) bond motifs is 1. The van der Waals surface area contributed by atoms with Crippen molar-refractivity contribution >= 4 is 59.5 Å². The number of aliphatic carboxylic acids is 2. The number of hydrogen-bond acceptors (Lipinski definition) is 7. The van der Waals surface area contributed by atoms with Crippen molar-refractivity contribution in [3.8, 4) is 11.5 Å². The van der Waals surface area contributed by atoms with Crippen molar-refractivity contribution in [2.75, 3.05) is 18.4 Å². The van der Waals surface area contributed by atoms with Crippen LogP contribution < -0.4 is 19.5 Å². The van der Waals surface area contributed by atoms with E-state index in [-0.39, 0.29) is 10.9 Å². The second kappa shape index (κ2) is 15.4. The van der Waals surface area contributed by atoms with E-state index in [0.29, 0.717) is 24.5 Å². The fourth-order valence-electron chi connectivity index (χ4n) is 4.75. The highest BCUT2D eigenvalue weighted by atomic mass is 79.9. The molecule has 0 aromatic heterocycles. The third kappa shape index (κ3) is 9.07. The zero-order chi connectivity index (χ0) is 32.6. The average Bonchev–Trinajstić information content (AvgIpc) is 3.01. The molecule has 45 heavy (non-hydrogen) atoms. The van der Waals surface area contributed by atoms with Gasteiger partial charge in [-0.2, -0.15) is 0 Å². The van der Waals surface area contributed by atoms with Gasteiger partial charge in [-0.3, -0.25) is 4.72 Å². The first-order chi connectivity index (χ1) is 21.5. The molecule has 4 aromatic rings. The molecule has 0 amide bonds. The summed E-state index contributed by atoms with van der Waals surface area (Å²) < 4.78 is 42.8. The average molecular weight is 762 g/mol. The monoisotopic (exact) mass is 760 g/mol. The summed E-state index contributed by atoms with van der Waals surface area (Å²) in [7, 11) is -2.18. The molecule has 0 bridgehead atoms. The fraction of sp³-hybridized carbons (Fsp3) is 0.188. The van der Waals surface area contributed by atoms with E-state index >= 15 is 0 Å². The van der Waals surface area contributed by atoms with Crippen molar-refractivity contribution in [3.05, 3.63) is 116 Å². The number of ether oxygens (including phenoxy) is 2. The lowest BCUT2D eigenvalue weighted by Crippen LogP contribution is -2.31. The summed E-state index contributed by atoms with van der Waals surface area (Å²) >= 11 is 7.20. The number of nitrogens with one attached hydrogen (secondary N) is 2. The van der Waals surface area contributed by atoms with Gasteiger partial charge in [-0.25, -0.2) is 18.0 Å². The van der Waals surface area contributed by atoms with E-state index in [9.17, 15) is 8.42 Å². The third-order valence-electron chi connectivity index (χ3n) is 6.82. The van der Waals surface area contributed by atoms with Crippen LogP contribution in [-0.4, -0.2) is 44.2 Å². The zero-order valence-corrected chi connectivity index (χ0v) is 28.0. The molecule has 0 aliphatic carbocycles. The van der Waals surface area contributed by atoms with Crippen molar-refractivity contribution in [3.63, 3.8) is 0 Å². The van der Waals surface area contributed by atoms with Gasteiger partial charge in [-0.15, -0.1) is 0 Å². The summed E-state index contributed by atoms with van der Waals surface area (Å²) in [6.07, 6.45) is 1.53. The van der Waals surface area contributed by atoms with Crippen molar-refractivity contribution in [1.82, 2.24) is 5.32 Å². The van der Waals surface area contributed by atoms with Crippen LogP contribution in [0.3, 0.4) is 0 Å². The van der Waals surface area contributed by atoms with Crippen LogP contribution >= 0.6 is 31.9 Å². The van der Waals surface area contributed by atoms with E-state index in [1.165, 1.54) is 0 Å². The Kier molecular flexibility index (Phi) is 11.6. The lowest BCUT2D eigenvalue weighted by Gasteiger charge is -2.29. The lowest BCUT2D eigenvalue weighted by atomic mass is 9.89. The fourth-order valence-corrected chi connectivity index (χ4v) is 7.44. The molecule has 1 aliphatic heterocycles. The molecule has 1 atom stereocenters. The summed E-state index contributed by atoms with van der Waals surface area (Å²) in [5.41, 5.74) is 4.70. The van der Waals surface area contributed by atoms with Crippen LogP contribution in [0.25, 0.3) is 0 Å². The number of halogens is 2. The molecule has 10 nitrogen and oxygen atoms in total. The predicted octanol–water partition coefficient (Wildman–Crippen LogP) is 6.19. The normalized spacial score (nSPS) is 13.9. The SMILES string of the molecule is COc1c(Br)cc(CC2NCCc3cc(OCc4ccccc4)c(NS(=O)(=O)c4ccccc4)cc32)cc1Br.O=C(O)C(=O)O. The van der Waals surface area contributed by atoms with Gasteiger partial charge in [0.2, 0.25) is 0 Å². The molecule has 1 heterocycles. The Balaban J connectivity index is 0.000000700. The number of rotatable bonds is 9. The van der Waals surface area contributed by atoms with E-state index in [1.54, 1.807) is 37.4 Å². The Labute approximate surface area is 277 Å². The molecule has 0 radical (unpaired) electrons. The molecule has 0 saturated carbocycles. The molecular formula is C32H30Br2N2O8S. The second-order valence-corrected chi connectivity index (χ2v) is 13.3. The van der Waals surface area contributed by atoms with Gasteiger partial charge >= 0.3 is 11.9 Å². The molecule has 0 fully saturated rings. The molecule has 236 valence electrons. The maximum absolute atomic E-state index is 13.3. The van der Waals surface area contributed by atoms with Crippen LogP contribution in [0.5, 0.6) is 11.5 Å². The number of sulfonamides is 1. The van der Waals surface area contributed by atoms with Gasteiger partial charge in [-0.05, 0) is 110 Å². The first-order valence-corrected chi connectivity index (χ1v) is 16.7. The number of carboxylic acids is 2. The van der Waals surface area contributed by atoms with Crippen molar-refractivity contribution in [1.29, 1.82) is 0 Å². The van der Waals surface area contributed by atoms with Gasteiger partial charge in [0.25, 0.3) is 10.0 Å². The van der Waals surface area contributed by atoms with E-state index in [2.05, 4.69) is 54.0 Å². The molecule has 1 unspecified atom stereocenters. The summed E-state index contributed by atoms with van der Waals surface area (Å²) in [5.74, 6) is -2.40. The highest BCUT2D eigenvalue weighted by molar-refractivity contribution is 9.11. The molecule has 1 aliphatic rings. The van der Waals surface area contributed by atoms with Gasteiger partial charge < -0.3 is 25.0 Å². The smallest absolute Gasteiger partial charge is 0.414 e. The third-order valence-corrected chi connectivity index (χ3v) is 9.38. The number of methoxy groups -OCH3 is 1. The molecular weight excluding hydrogens is 732 g/mol. The standard InChI is InChI=1S/C30H28Br2N2O4S.C2H2O4/c1-37-30-25(31)14-21(15-26(30)32)16-27-24-18-28(34-39(35,36)23-10-6-3-7-11-23)29(17-22(24)12-13-33-27)38-19-20-8-4-2-5-9-20;3-1(4)2(5)6/h2-11,14-15,17-18,27,33-34H,12-13,16,19H2,1H3;(H,3,4)(H,5,6). The van der Waals surface area contributed by atoms with Crippen LogP contribution in [0.4, 0.5) is 5.69 Å². The Morgan fingerprint density at radius 3 is 2.09 bits per heavy atom.